The number of thiophene rings is 2. The Bertz CT molecular complexity index is 1080. The second kappa shape index (κ2) is 8.74. The SMILES string of the molecule is OCCCNC(=S)Nc1ccc2nc(-c3cccs3)c(-c3cccs3)nc2c1. The maximum absolute atomic E-state index is 8.87. The maximum Gasteiger partial charge on any atom is 0.170 e. The Hall–Kier alpha value is -2.39. The minimum Gasteiger partial charge on any atom is -0.396 e. The van der Waals surface area contributed by atoms with Crippen molar-refractivity contribution in [1.82, 2.24) is 15.3 Å². The molecule has 4 aromatic rings. The van der Waals surface area contributed by atoms with E-state index in [1.807, 2.05) is 35.7 Å². The van der Waals surface area contributed by atoms with Gasteiger partial charge in [-0.05, 0) is 59.7 Å². The number of anilines is 1. The van der Waals surface area contributed by atoms with Crippen LogP contribution >= 0.6 is 34.9 Å². The van der Waals surface area contributed by atoms with Gasteiger partial charge in [0.2, 0.25) is 0 Å². The standard InChI is InChI=1S/C20H18N4OS3/c25-9-3-8-21-20(26)22-13-6-7-14-15(12-13)24-19(17-5-2-11-28-17)18(23-14)16-4-1-10-27-16/h1-2,4-7,10-12,25H,3,8-9H2,(H2,21,22,26). The third-order valence-electron chi connectivity index (χ3n) is 4.05. The molecule has 0 radical (unpaired) electrons. The number of aliphatic hydroxyl groups excluding tert-OH is 1. The molecular weight excluding hydrogens is 408 g/mol. The Morgan fingerprint density at radius 2 is 1.64 bits per heavy atom. The number of thiocarbonyl (C=S) groups is 1. The molecule has 4 rings (SSSR count). The molecule has 1 aromatic carbocycles. The van der Waals surface area contributed by atoms with E-state index in [2.05, 4.69) is 28.1 Å². The summed E-state index contributed by atoms with van der Waals surface area (Å²) in [5.41, 5.74) is 4.31. The average molecular weight is 427 g/mol. The highest BCUT2D eigenvalue weighted by molar-refractivity contribution is 7.80. The molecule has 0 bridgehead atoms. The van der Waals surface area contributed by atoms with Gasteiger partial charge in [-0.3, -0.25) is 0 Å². The van der Waals surface area contributed by atoms with Crippen LogP contribution in [0.5, 0.6) is 0 Å². The van der Waals surface area contributed by atoms with E-state index in [-0.39, 0.29) is 6.61 Å². The number of rotatable bonds is 6. The van der Waals surface area contributed by atoms with Crippen LogP contribution in [-0.4, -0.2) is 33.3 Å². The quantitative estimate of drug-likeness (QED) is 0.305. The number of fused-ring (bicyclic) bond motifs is 1. The number of benzene rings is 1. The predicted octanol–water partition coefficient (Wildman–Crippen LogP) is 4.76. The molecule has 0 atom stereocenters. The van der Waals surface area contributed by atoms with Crippen LogP contribution < -0.4 is 10.6 Å². The molecule has 0 unspecified atom stereocenters. The molecule has 0 amide bonds. The van der Waals surface area contributed by atoms with E-state index in [4.69, 9.17) is 27.3 Å². The smallest absolute Gasteiger partial charge is 0.170 e. The molecule has 142 valence electrons. The Morgan fingerprint density at radius 1 is 0.964 bits per heavy atom. The lowest BCUT2D eigenvalue weighted by Crippen LogP contribution is -2.29. The van der Waals surface area contributed by atoms with Gasteiger partial charge in [0.25, 0.3) is 0 Å². The van der Waals surface area contributed by atoms with Crippen molar-refractivity contribution in [3.05, 3.63) is 53.2 Å². The normalized spacial score (nSPS) is 10.9. The van der Waals surface area contributed by atoms with Crippen molar-refractivity contribution in [1.29, 1.82) is 0 Å². The van der Waals surface area contributed by atoms with Gasteiger partial charge in [-0.2, -0.15) is 0 Å². The van der Waals surface area contributed by atoms with Crippen LogP contribution in [0, 0.1) is 0 Å². The number of aliphatic hydroxyl groups is 1. The lowest BCUT2D eigenvalue weighted by atomic mass is 10.2. The number of aromatic nitrogens is 2. The number of hydrogen-bond donors (Lipinski definition) is 3. The molecule has 3 heterocycles. The van der Waals surface area contributed by atoms with Gasteiger partial charge in [0.05, 0.1) is 20.8 Å². The molecule has 0 saturated heterocycles. The summed E-state index contributed by atoms with van der Waals surface area (Å²) in [5, 5.41) is 19.7. The molecule has 8 heteroatoms. The zero-order valence-electron chi connectivity index (χ0n) is 14.9. The maximum atomic E-state index is 8.87. The van der Waals surface area contributed by atoms with Crippen LogP contribution in [0.1, 0.15) is 6.42 Å². The first-order valence-corrected chi connectivity index (χ1v) is 11.0. The largest absolute Gasteiger partial charge is 0.396 e. The fourth-order valence-corrected chi connectivity index (χ4v) is 4.41. The molecule has 0 saturated carbocycles. The highest BCUT2D eigenvalue weighted by Gasteiger charge is 2.15. The fraction of sp³-hybridized carbons (Fsp3) is 0.150. The van der Waals surface area contributed by atoms with Crippen molar-refractivity contribution in [3.8, 4) is 21.1 Å². The van der Waals surface area contributed by atoms with Crippen LogP contribution in [0.15, 0.2) is 53.2 Å². The van der Waals surface area contributed by atoms with Crippen LogP contribution in [0.25, 0.3) is 32.2 Å². The minimum atomic E-state index is 0.138. The number of nitrogens with zero attached hydrogens (tertiary/aromatic N) is 2. The van der Waals surface area contributed by atoms with E-state index in [0.29, 0.717) is 18.1 Å². The van der Waals surface area contributed by atoms with Crippen molar-refractivity contribution in [2.75, 3.05) is 18.5 Å². The van der Waals surface area contributed by atoms with Crippen LogP contribution in [-0.2, 0) is 0 Å². The predicted molar refractivity (Wildman–Crippen MR) is 122 cm³/mol. The van der Waals surface area contributed by atoms with Crippen molar-refractivity contribution in [2.24, 2.45) is 0 Å². The van der Waals surface area contributed by atoms with Crippen LogP contribution in [0.4, 0.5) is 5.69 Å². The molecule has 5 nitrogen and oxygen atoms in total. The summed E-state index contributed by atoms with van der Waals surface area (Å²) < 4.78 is 0. The fourth-order valence-electron chi connectivity index (χ4n) is 2.76. The van der Waals surface area contributed by atoms with E-state index >= 15 is 0 Å². The summed E-state index contributed by atoms with van der Waals surface area (Å²) in [7, 11) is 0. The molecular formula is C20H18N4OS3. The second-order valence-corrected chi connectivity index (χ2v) is 8.34. The van der Waals surface area contributed by atoms with E-state index < -0.39 is 0 Å². The molecule has 0 fully saturated rings. The van der Waals surface area contributed by atoms with Crippen molar-refractivity contribution in [2.45, 2.75) is 6.42 Å². The second-order valence-electron chi connectivity index (χ2n) is 6.04. The summed E-state index contributed by atoms with van der Waals surface area (Å²) in [4.78, 5) is 12.0. The van der Waals surface area contributed by atoms with Crippen LogP contribution in [0.2, 0.25) is 0 Å². The monoisotopic (exact) mass is 426 g/mol. The molecule has 0 aliphatic heterocycles. The molecule has 3 aromatic heterocycles. The van der Waals surface area contributed by atoms with Gasteiger partial charge in [0.15, 0.2) is 5.11 Å². The lowest BCUT2D eigenvalue weighted by molar-refractivity contribution is 0.289. The summed E-state index contributed by atoms with van der Waals surface area (Å²) in [6, 6.07) is 14.1. The molecule has 3 N–H and O–H groups in total. The molecule has 0 spiro atoms. The first-order chi connectivity index (χ1) is 13.7. The Kier molecular flexibility index (Phi) is 5.92. The topological polar surface area (TPSA) is 70.1 Å². The van der Waals surface area contributed by atoms with Crippen LogP contribution in [0.3, 0.4) is 0 Å². The van der Waals surface area contributed by atoms with Gasteiger partial charge in [0, 0.05) is 18.8 Å². The molecule has 0 aliphatic carbocycles. The Balaban J connectivity index is 1.69. The van der Waals surface area contributed by atoms with Crippen molar-refractivity contribution >= 4 is 56.7 Å². The molecule has 28 heavy (non-hydrogen) atoms. The third kappa shape index (κ3) is 4.20. The van der Waals surface area contributed by atoms with Crippen molar-refractivity contribution < 1.29 is 5.11 Å². The molecule has 0 aliphatic rings. The highest BCUT2D eigenvalue weighted by atomic mass is 32.1. The summed E-state index contributed by atoms with van der Waals surface area (Å²) in [5.74, 6) is 0. The zero-order valence-corrected chi connectivity index (χ0v) is 17.3. The van der Waals surface area contributed by atoms with E-state index in [1.54, 1.807) is 22.7 Å². The first-order valence-electron chi connectivity index (χ1n) is 8.80. The van der Waals surface area contributed by atoms with E-state index in [1.165, 1.54) is 0 Å². The van der Waals surface area contributed by atoms with Gasteiger partial charge in [-0.25, -0.2) is 9.97 Å². The Labute approximate surface area is 176 Å². The highest BCUT2D eigenvalue weighted by Crippen LogP contribution is 2.35. The summed E-state index contributed by atoms with van der Waals surface area (Å²) >= 11 is 8.62. The zero-order chi connectivity index (χ0) is 19.3. The van der Waals surface area contributed by atoms with Gasteiger partial charge in [0.1, 0.15) is 11.4 Å². The van der Waals surface area contributed by atoms with E-state index in [9.17, 15) is 0 Å². The average Bonchev–Trinajstić information content (AvgIpc) is 3.41. The first kappa shape index (κ1) is 18.9. The van der Waals surface area contributed by atoms with Gasteiger partial charge < -0.3 is 15.7 Å². The third-order valence-corrected chi connectivity index (χ3v) is 6.05. The lowest BCUT2D eigenvalue weighted by Gasteiger charge is -2.12. The van der Waals surface area contributed by atoms with E-state index in [0.717, 1.165) is 37.9 Å². The van der Waals surface area contributed by atoms with Gasteiger partial charge in [-0.15, -0.1) is 22.7 Å². The van der Waals surface area contributed by atoms with Gasteiger partial charge in [-0.1, -0.05) is 12.1 Å². The van der Waals surface area contributed by atoms with Gasteiger partial charge >= 0.3 is 0 Å². The minimum absolute atomic E-state index is 0.138. The Morgan fingerprint density at radius 3 is 2.25 bits per heavy atom. The number of hydrogen-bond acceptors (Lipinski definition) is 6. The number of nitrogens with one attached hydrogen (secondary N) is 2. The summed E-state index contributed by atoms with van der Waals surface area (Å²) in [6.45, 7) is 0.766. The summed E-state index contributed by atoms with van der Waals surface area (Å²) in [6.07, 6.45) is 0.653. The van der Waals surface area contributed by atoms with Crippen molar-refractivity contribution in [3.63, 3.8) is 0 Å².